The maximum atomic E-state index is 12.1. The van der Waals surface area contributed by atoms with Gasteiger partial charge in [0, 0.05) is 12.3 Å². The van der Waals surface area contributed by atoms with Crippen molar-refractivity contribution in [3.63, 3.8) is 0 Å². The van der Waals surface area contributed by atoms with Crippen LogP contribution >= 0.6 is 11.8 Å². The summed E-state index contributed by atoms with van der Waals surface area (Å²) in [6.07, 6.45) is 0. The third kappa shape index (κ3) is 6.67. The van der Waals surface area contributed by atoms with Gasteiger partial charge in [0.1, 0.15) is 6.54 Å². The lowest BCUT2D eigenvalue weighted by molar-refractivity contribution is -0.148. The van der Waals surface area contributed by atoms with Crippen LogP contribution in [0.1, 0.15) is 25.0 Å². The lowest BCUT2D eigenvalue weighted by Gasteiger charge is -2.19. The van der Waals surface area contributed by atoms with Crippen LogP contribution in [0.5, 0.6) is 0 Å². The Morgan fingerprint density at radius 3 is 2.67 bits per heavy atom. The van der Waals surface area contributed by atoms with Crippen LogP contribution in [-0.2, 0) is 20.1 Å². The van der Waals surface area contributed by atoms with Crippen molar-refractivity contribution in [3.8, 4) is 0 Å². The average molecular weight is 309 g/mol. The maximum Gasteiger partial charge on any atom is 0.325 e. The second-order valence-corrected chi connectivity index (χ2v) is 5.68. The van der Waals surface area contributed by atoms with E-state index in [9.17, 15) is 9.59 Å². The lowest BCUT2D eigenvalue weighted by Crippen LogP contribution is -2.37. The quantitative estimate of drug-likeness (QED) is 0.693. The Labute approximate surface area is 130 Å². The topological polar surface area (TPSA) is 46.6 Å². The van der Waals surface area contributed by atoms with Crippen LogP contribution in [0.4, 0.5) is 0 Å². The van der Waals surface area contributed by atoms with Gasteiger partial charge in [-0.15, -0.1) is 11.8 Å². The number of likely N-dealkylation sites (N-methyl/N-ethyl adjacent to an activating group) is 1. The SMILES string of the molecule is CCOC(=O)CN(CC)C(=O)CSCc1cccc(C)c1. The van der Waals surface area contributed by atoms with Gasteiger partial charge in [0.2, 0.25) is 5.91 Å². The molecule has 0 bridgehead atoms. The zero-order valence-electron chi connectivity index (χ0n) is 12.9. The highest BCUT2D eigenvalue weighted by Crippen LogP contribution is 2.14. The minimum absolute atomic E-state index is 0.0248. The van der Waals surface area contributed by atoms with Crippen molar-refractivity contribution in [2.75, 3.05) is 25.4 Å². The first kappa shape index (κ1) is 17.6. The van der Waals surface area contributed by atoms with Crippen molar-refractivity contribution in [2.24, 2.45) is 0 Å². The van der Waals surface area contributed by atoms with Gasteiger partial charge in [0.15, 0.2) is 0 Å². The number of rotatable bonds is 8. The average Bonchev–Trinajstić information content (AvgIpc) is 2.45. The van der Waals surface area contributed by atoms with Crippen molar-refractivity contribution in [2.45, 2.75) is 26.5 Å². The molecule has 116 valence electrons. The number of amides is 1. The van der Waals surface area contributed by atoms with E-state index in [-0.39, 0.29) is 18.4 Å². The Balaban J connectivity index is 2.38. The number of ether oxygens (including phenoxy) is 1. The Morgan fingerprint density at radius 1 is 1.29 bits per heavy atom. The van der Waals surface area contributed by atoms with Crippen LogP contribution in [0.3, 0.4) is 0 Å². The van der Waals surface area contributed by atoms with E-state index in [4.69, 9.17) is 4.74 Å². The molecule has 0 fully saturated rings. The van der Waals surface area contributed by atoms with Crippen LogP contribution in [0, 0.1) is 6.92 Å². The molecule has 21 heavy (non-hydrogen) atoms. The number of nitrogens with zero attached hydrogens (tertiary/aromatic N) is 1. The Bertz CT molecular complexity index is 476. The molecule has 0 saturated carbocycles. The molecule has 1 amide bonds. The first-order valence-electron chi connectivity index (χ1n) is 7.13. The highest BCUT2D eigenvalue weighted by molar-refractivity contribution is 7.99. The molecule has 1 rings (SSSR count). The van der Waals surface area contributed by atoms with Crippen molar-refractivity contribution in [1.29, 1.82) is 0 Å². The van der Waals surface area contributed by atoms with Gasteiger partial charge < -0.3 is 9.64 Å². The summed E-state index contributed by atoms with van der Waals surface area (Å²) in [5, 5.41) is 0. The molecular weight excluding hydrogens is 286 g/mol. The zero-order valence-corrected chi connectivity index (χ0v) is 13.7. The molecule has 0 saturated heterocycles. The van der Waals surface area contributed by atoms with Gasteiger partial charge in [-0.3, -0.25) is 9.59 Å². The molecule has 0 N–H and O–H groups in total. The van der Waals surface area contributed by atoms with Crippen LogP contribution in [-0.4, -0.2) is 42.2 Å². The van der Waals surface area contributed by atoms with E-state index in [1.807, 2.05) is 13.0 Å². The monoisotopic (exact) mass is 309 g/mol. The molecule has 0 atom stereocenters. The summed E-state index contributed by atoms with van der Waals surface area (Å²) in [6.45, 7) is 6.57. The van der Waals surface area contributed by atoms with Crippen LogP contribution in [0.15, 0.2) is 24.3 Å². The van der Waals surface area contributed by atoms with Crippen LogP contribution in [0.25, 0.3) is 0 Å². The fraction of sp³-hybridized carbons (Fsp3) is 0.500. The molecule has 0 aliphatic rings. The summed E-state index contributed by atoms with van der Waals surface area (Å²) in [4.78, 5) is 25.0. The largest absolute Gasteiger partial charge is 0.465 e. The van der Waals surface area contributed by atoms with Gasteiger partial charge in [-0.2, -0.15) is 0 Å². The lowest BCUT2D eigenvalue weighted by atomic mass is 10.2. The van der Waals surface area contributed by atoms with E-state index >= 15 is 0 Å². The van der Waals surface area contributed by atoms with E-state index in [1.54, 1.807) is 18.7 Å². The third-order valence-electron chi connectivity index (χ3n) is 2.94. The molecule has 5 heteroatoms. The molecule has 0 unspecified atom stereocenters. The van der Waals surface area contributed by atoms with Crippen molar-refractivity contribution in [1.82, 2.24) is 4.90 Å². The van der Waals surface area contributed by atoms with Crippen molar-refractivity contribution in [3.05, 3.63) is 35.4 Å². The summed E-state index contributed by atoms with van der Waals surface area (Å²) in [5.74, 6) is 0.797. The standard InChI is InChI=1S/C16H23NO3S/c1-4-17(10-16(19)20-5-2)15(18)12-21-11-14-8-6-7-13(3)9-14/h6-9H,4-5,10-12H2,1-3H3. The van der Waals surface area contributed by atoms with Crippen molar-refractivity contribution < 1.29 is 14.3 Å². The summed E-state index contributed by atoms with van der Waals surface area (Å²) in [7, 11) is 0. The normalized spacial score (nSPS) is 10.2. The smallest absolute Gasteiger partial charge is 0.325 e. The highest BCUT2D eigenvalue weighted by Gasteiger charge is 2.15. The minimum atomic E-state index is -0.351. The van der Waals surface area contributed by atoms with Gasteiger partial charge in [0.05, 0.1) is 12.4 Å². The molecular formula is C16H23NO3S. The van der Waals surface area contributed by atoms with Gasteiger partial charge in [0.25, 0.3) is 0 Å². The van der Waals surface area contributed by atoms with E-state index in [2.05, 4.69) is 25.1 Å². The van der Waals surface area contributed by atoms with Crippen LogP contribution in [0.2, 0.25) is 0 Å². The number of hydrogen-bond donors (Lipinski definition) is 0. The van der Waals surface area contributed by atoms with E-state index < -0.39 is 0 Å². The summed E-state index contributed by atoms with van der Waals surface area (Å²) >= 11 is 1.56. The first-order chi connectivity index (χ1) is 10.1. The fourth-order valence-corrected chi connectivity index (χ4v) is 2.76. The molecule has 0 aromatic heterocycles. The fourth-order valence-electron chi connectivity index (χ4n) is 1.89. The predicted molar refractivity (Wildman–Crippen MR) is 86.2 cm³/mol. The molecule has 0 radical (unpaired) electrons. The number of thioether (sulfide) groups is 1. The summed E-state index contributed by atoms with van der Waals surface area (Å²) in [5.41, 5.74) is 2.43. The number of esters is 1. The van der Waals surface area contributed by atoms with Gasteiger partial charge >= 0.3 is 5.97 Å². The first-order valence-corrected chi connectivity index (χ1v) is 8.29. The van der Waals surface area contributed by atoms with E-state index in [1.165, 1.54) is 16.0 Å². The second-order valence-electron chi connectivity index (χ2n) is 4.69. The minimum Gasteiger partial charge on any atom is -0.465 e. The second kappa shape index (κ2) is 9.45. The molecule has 0 heterocycles. The van der Waals surface area contributed by atoms with Gasteiger partial charge in [-0.05, 0) is 26.3 Å². The van der Waals surface area contributed by atoms with Gasteiger partial charge in [-0.25, -0.2) is 0 Å². The van der Waals surface area contributed by atoms with E-state index in [0.717, 1.165) is 5.75 Å². The Kier molecular flexibility index (Phi) is 7.90. The number of hydrogen-bond acceptors (Lipinski definition) is 4. The number of carbonyl (C=O) groups is 2. The molecule has 0 spiro atoms. The number of carbonyl (C=O) groups excluding carboxylic acids is 2. The van der Waals surface area contributed by atoms with Crippen LogP contribution < -0.4 is 0 Å². The predicted octanol–water partition coefficient (Wildman–Crippen LogP) is 2.64. The molecule has 1 aromatic carbocycles. The number of aryl methyl sites for hydroxylation is 1. The molecule has 4 nitrogen and oxygen atoms in total. The summed E-state index contributed by atoms with van der Waals surface area (Å²) < 4.78 is 4.87. The maximum absolute atomic E-state index is 12.1. The van der Waals surface area contributed by atoms with E-state index in [0.29, 0.717) is 18.9 Å². The molecule has 1 aromatic rings. The molecule has 0 aliphatic carbocycles. The molecule has 0 aliphatic heterocycles. The Hall–Kier alpha value is -1.49. The zero-order chi connectivity index (χ0) is 15.7. The summed E-state index contributed by atoms with van der Waals surface area (Å²) in [6, 6.07) is 8.25. The number of benzene rings is 1. The third-order valence-corrected chi connectivity index (χ3v) is 3.92. The Morgan fingerprint density at radius 2 is 2.05 bits per heavy atom. The highest BCUT2D eigenvalue weighted by atomic mass is 32.2. The van der Waals surface area contributed by atoms with Gasteiger partial charge in [-0.1, -0.05) is 29.8 Å². The van der Waals surface area contributed by atoms with Crippen molar-refractivity contribution >= 4 is 23.6 Å².